The van der Waals surface area contributed by atoms with Crippen LogP contribution < -0.4 is 14.8 Å². The number of nitrogens with zero attached hydrogens (tertiary/aromatic N) is 1. The van der Waals surface area contributed by atoms with Crippen LogP contribution in [0, 0.1) is 5.82 Å². The van der Waals surface area contributed by atoms with E-state index in [2.05, 4.69) is 5.32 Å². The SMILES string of the molecule is CCN(Cc1ccc2c(c1)OCO2)C(=O)Nc1ccc(F)cc1Cl. The first-order chi connectivity index (χ1) is 11.6. The first kappa shape index (κ1) is 16.4. The van der Waals surface area contributed by atoms with E-state index in [1.165, 1.54) is 12.1 Å². The lowest BCUT2D eigenvalue weighted by Crippen LogP contribution is -2.34. The van der Waals surface area contributed by atoms with E-state index < -0.39 is 5.82 Å². The molecule has 1 N–H and O–H groups in total. The van der Waals surface area contributed by atoms with Crippen LogP contribution in [0.4, 0.5) is 14.9 Å². The molecule has 0 bridgehead atoms. The lowest BCUT2D eigenvalue weighted by molar-refractivity contribution is 0.174. The Morgan fingerprint density at radius 1 is 1.25 bits per heavy atom. The van der Waals surface area contributed by atoms with E-state index in [4.69, 9.17) is 21.1 Å². The fraction of sp³-hybridized carbons (Fsp3) is 0.235. The quantitative estimate of drug-likeness (QED) is 0.896. The molecular formula is C17H16ClFN2O3. The normalized spacial score (nSPS) is 12.1. The molecule has 1 aliphatic heterocycles. The van der Waals surface area contributed by atoms with Crippen LogP contribution in [-0.4, -0.2) is 24.3 Å². The maximum absolute atomic E-state index is 13.1. The van der Waals surface area contributed by atoms with Gasteiger partial charge in [0.15, 0.2) is 11.5 Å². The molecule has 0 saturated carbocycles. The zero-order valence-corrected chi connectivity index (χ0v) is 13.8. The van der Waals surface area contributed by atoms with Crippen LogP contribution in [0.25, 0.3) is 0 Å². The first-order valence-corrected chi connectivity index (χ1v) is 7.84. The Hall–Kier alpha value is -2.47. The molecule has 1 heterocycles. The van der Waals surface area contributed by atoms with E-state index in [9.17, 15) is 9.18 Å². The largest absolute Gasteiger partial charge is 0.454 e. The summed E-state index contributed by atoms with van der Waals surface area (Å²) in [6, 6.07) is 9.08. The number of halogens is 2. The summed E-state index contributed by atoms with van der Waals surface area (Å²) in [4.78, 5) is 14.0. The van der Waals surface area contributed by atoms with Gasteiger partial charge in [0, 0.05) is 13.1 Å². The second kappa shape index (κ2) is 6.97. The summed E-state index contributed by atoms with van der Waals surface area (Å²) >= 11 is 5.94. The fourth-order valence-electron chi connectivity index (χ4n) is 2.37. The molecule has 0 atom stereocenters. The fourth-order valence-corrected chi connectivity index (χ4v) is 2.59. The summed E-state index contributed by atoms with van der Waals surface area (Å²) < 4.78 is 23.7. The second-order valence-electron chi connectivity index (χ2n) is 5.26. The smallest absolute Gasteiger partial charge is 0.322 e. The summed E-state index contributed by atoms with van der Waals surface area (Å²) in [5, 5.41) is 2.85. The van der Waals surface area contributed by atoms with Gasteiger partial charge in [0.25, 0.3) is 0 Å². The Labute approximate surface area is 143 Å². The highest BCUT2D eigenvalue weighted by Gasteiger charge is 2.17. The van der Waals surface area contributed by atoms with Gasteiger partial charge in [-0.1, -0.05) is 17.7 Å². The number of carbonyl (C=O) groups is 1. The van der Waals surface area contributed by atoms with Gasteiger partial charge in [0.05, 0.1) is 10.7 Å². The molecule has 0 fully saturated rings. The topological polar surface area (TPSA) is 50.8 Å². The minimum atomic E-state index is -0.453. The molecule has 126 valence electrons. The molecule has 2 aromatic carbocycles. The van der Waals surface area contributed by atoms with Crippen molar-refractivity contribution in [1.29, 1.82) is 0 Å². The number of urea groups is 1. The highest BCUT2D eigenvalue weighted by Crippen LogP contribution is 2.33. The molecule has 7 heteroatoms. The minimum absolute atomic E-state index is 0.155. The van der Waals surface area contributed by atoms with Crippen LogP contribution in [0.3, 0.4) is 0 Å². The van der Waals surface area contributed by atoms with Crippen molar-refractivity contribution in [1.82, 2.24) is 4.90 Å². The third-order valence-corrected chi connectivity index (χ3v) is 3.96. The zero-order chi connectivity index (χ0) is 17.1. The van der Waals surface area contributed by atoms with Gasteiger partial charge in [-0.2, -0.15) is 0 Å². The Bertz CT molecular complexity index is 769. The Morgan fingerprint density at radius 2 is 2.04 bits per heavy atom. The monoisotopic (exact) mass is 350 g/mol. The molecular weight excluding hydrogens is 335 g/mol. The average molecular weight is 351 g/mol. The third-order valence-electron chi connectivity index (χ3n) is 3.65. The van der Waals surface area contributed by atoms with Gasteiger partial charge in [-0.25, -0.2) is 9.18 Å². The molecule has 0 spiro atoms. The van der Waals surface area contributed by atoms with Crippen molar-refractivity contribution in [2.24, 2.45) is 0 Å². The van der Waals surface area contributed by atoms with E-state index >= 15 is 0 Å². The van der Waals surface area contributed by atoms with E-state index in [0.29, 0.717) is 30.3 Å². The summed E-state index contributed by atoms with van der Waals surface area (Å²) in [5.41, 5.74) is 1.29. The molecule has 24 heavy (non-hydrogen) atoms. The van der Waals surface area contributed by atoms with Gasteiger partial charge in [0.1, 0.15) is 5.82 Å². The number of nitrogens with one attached hydrogen (secondary N) is 1. The highest BCUT2D eigenvalue weighted by molar-refractivity contribution is 6.33. The van der Waals surface area contributed by atoms with Crippen LogP contribution in [0.5, 0.6) is 11.5 Å². The average Bonchev–Trinajstić information content (AvgIpc) is 3.02. The van der Waals surface area contributed by atoms with Gasteiger partial charge in [-0.05, 0) is 42.8 Å². The standard InChI is InChI=1S/C17H16ClFN2O3/c1-2-21(9-11-3-6-15-16(7-11)24-10-23-15)17(22)20-14-5-4-12(19)8-13(14)18/h3-8H,2,9-10H2,1H3,(H,20,22). The Morgan fingerprint density at radius 3 is 2.79 bits per heavy atom. The number of anilines is 1. The lowest BCUT2D eigenvalue weighted by atomic mass is 10.2. The van der Waals surface area contributed by atoms with E-state index in [0.717, 1.165) is 11.6 Å². The number of amides is 2. The van der Waals surface area contributed by atoms with Gasteiger partial charge in [-0.15, -0.1) is 0 Å². The van der Waals surface area contributed by atoms with Crippen LogP contribution in [0.1, 0.15) is 12.5 Å². The number of ether oxygens (including phenoxy) is 2. The number of carbonyl (C=O) groups excluding carboxylic acids is 1. The number of rotatable bonds is 4. The van der Waals surface area contributed by atoms with Gasteiger partial charge >= 0.3 is 6.03 Å². The van der Waals surface area contributed by atoms with Gasteiger partial charge in [0.2, 0.25) is 6.79 Å². The predicted molar refractivity (Wildman–Crippen MR) is 89.1 cm³/mol. The molecule has 2 aromatic rings. The Balaban J connectivity index is 1.70. The Kier molecular flexibility index (Phi) is 4.76. The molecule has 3 rings (SSSR count). The van der Waals surface area contributed by atoms with Crippen LogP contribution in [0.2, 0.25) is 5.02 Å². The zero-order valence-electron chi connectivity index (χ0n) is 13.0. The van der Waals surface area contributed by atoms with Crippen LogP contribution >= 0.6 is 11.6 Å². The van der Waals surface area contributed by atoms with E-state index in [1.807, 2.05) is 25.1 Å². The summed E-state index contributed by atoms with van der Waals surface area (Å²) in [7, 11) is 0. The maximum atomic E-state index is 13.1. The summed E-state index contributed by atoms with van der Waals surface area (Å²) in [6.07, 6.45) is 0. The third kappa shape index (κ3) is 3.54. The van der Waals surface area contributed by atoms with Crippen molar-refractivity contribution in [3.05, 3.63) is 52.8 Å². The molecule has 2 amide bonds. The maximum Gasteiger partial charge on any atom is 0.322 e. The molecule has 1 aliphatic rings. The second-order valence-corrected chi connectivity index (χ2v) is 5.66. The number of hydrogen-bond acceptors (Lipinski definition) is 3. The van der Waals surface area contributed by atoms with Crippen molar-refractivity contribution in [3.63, 3.8) is 0 Å². The molecule has 5 nitrogen and oxygen atoms in total. The number of fused-ring (bicyclic) bond motifs is 1. The van der Waals surface area contributed by atoms with E-state index in [-0.39, 0.29) is 17.8 Å². The van der Waals surface area contributed by atoms with Gasteiger partial charge < -0.3 is 19.7 Å². The minimum Gasteiger partial charge on any atom is -0.454 e. The molecule has 0 aromatic heterocycles. The molecule has 0 aliphatic carbocycles. The summed E-state index contributed by atoms with van der Waals surface area (Å²) in [5.74, 6) is 0.917. The summed E-state index contributed by atoms with van der Waals surface area (Å²) in [6.45, 7) is 2.98. The van der Waals surface area contributed by atoms with Crippen molar-refractivity contribution in [2.75, 3.05) is 18.7 Å². The van der Waals surface area contributed by atoms with E-state index in [1.54, 1.807) is 4.90 Å². The number of benzene rings is 2. The lowest BCUT2D eigenvalue weighted by Gasteiger charge is -2.22. The number of hydrogen-bond donors (Lipinski definition) is 1. The van der Waals surface area contributed by atoms with Crippen molar-refractivity contribution in [2.45, 2.75) is 13.5 Å². The molecule has 0 unspecified atom stereocenters. The van der Waals surface area contributed by atoms with Crippen LogP contribution in [0.15, 0.2) is 36.4 Å². The molecule has 0 radical (unpaired) electrons. The van der Waals surface area contributed by atoms with Crippen LogP contribution in [-0.2, 0) is 6.54 Å². The van der Waals surface area contributed by atoms with Crippen molar-refractivity contribution < 1.29 is 18.7 Å². The highest BCUT2D eigenvalue weighted by atomic mass is 35.5. The first-order valence-electron chi connectivity index (χ1n) is 7.46. The van der Waals surface area contributed by atoms with Gasteiger partial charge in [-0.3, -0.25) is 0 Å². The van der Waals surface area contributed by atoms with Crippen molar-refractivity contribution in [3.8, 4) is 11.5 Å². The van der Waals surface area contributed by atoms with Crippen molar-refractivity contribution >= 4 is 23.3 Å². The predicted octanol–water partition coefficient (Wildman–Crippen LogP) is 4.26. The molecule has 0 saturated heterocycles.